The molecule has 1 aromatic heterocycles. The van der Waals surface area contributed by atoms with Gasteiger partial charge in [-0.2, -0.15) is 0 Å². The smallest absolute Gasteiger partial charge is 0.226 e. The van der Waals surface area contributed by atoms with Crippen LogP contribution in [0.2, 0.25) is 5.02 Å². The van der Waals surface area contributed by atoms with Crippen LogP contribution in [0.3, 0.4) is 0 Å². The van der Waals surface area contributed by atoms with Crippen molar-refractivity contribution in [1.29, 1.82) is 0 Å². The minimum Gasteiger partial charge on any atom is -0.302 e. The number of hydrogen-bond donors (Lipinski definition) is 1. The second-order valence-electron chi connectivity index (χ2n) is 7.34. The molecule has 30 heavy (non-hydrogen) atoms. The van der Waals surface area contributed by atoms with Crippen LogP contribution in [0.4, 0.5) is 5.13 Å². The van der Waals surface area contributed by atoms with Crippen LogP contribution >= 0.6 is 22.9 Å². The maximum Gasteiger partial charge on any atom is 0.226 e. The molecule has 0 unspecified atom stereocenters. The van der Waals surface area contributed by atoms with Crippen LogP contribution in [0.5, 0.6) is 0 Å². The molecule has 156 valence electrons. The van der Waals surface area contributed by atoms with Gasteiger partial charge in [0.15, 0.2) is 10.9 Å². The van der Waals surface area contributed by atoms with E-state index in [0.717, 1.165) is 40.1 Å². The van der Waals surface area contributed by atoms with E-state index in [1.165, 1.54) is 11.3 Å². The minimum absolute atomic E-state index is 0.0148. The van der Waals surface area contributed by atoms with Crippen molar-refractivity contribution in [3.63, 3.8) is 0 Å². The van der Waals surface area contributed by atoms with Gasteiger partial charge in [-0.3, -0.25) is 9.59 Å². The Morgan fingerprint density at radius 3 is 2.50 bits per heavy atom. The Morgan fingerprint density at radius 2 is 1.80 bits per heavy atom. The molecule has 2 aromatic carbocycles. The number of Topliss-reactive ketones (excluding diaryl/α,β-unsaturated/α-hetero) is 1. The third-order valence-electron chi connectivity index (χ3n) is 4.81. The summed E-state index contributed by atoms with van der Waals surface area (Å²) in [6.07, 6.45) is 2.18. The van der Waals surface area contributed by atoms with Crippen LogP contribution < -0.4 is 5.32 Å². The largest absolute Gasteiger partial charge is 0.302 e. The molecule has 0 bridgehead atoms. The quantitative estimate of drug-likeness (QED) is 0.399. The van der Waals surface area contributed by atoms with Gasteiger partial charge in [-0.15, -0.1) is 11.3 Å². The number of nitrogens with one attached hydrogen (secondary N) is 1. The molecule has 0 fully saturated rings. The molecule has 3 aromatic rings. The van der Waals surface area contributed by atoms with Crippen LogP contribution in [0.15, 0.2) is 42.5 Å². The summed E-state index contributed by atoms with van der Waals surface area (Å²) in [7, 11) is 0. The second-order valence-corrected chi connectivity index (χ2v) is 8.86. The molecular formula is C24H25ClN2O2S. The molecule has 6 heteroatoms. The zero-order valence-corrected chi connectivity index (χ0v) is 19.0. The van der Waals surface area contributed by atoms with E-state index in [1.54, 1.807) is 0 Å². The number of ketones is 1. The van der Waals surface area contributed by atoms with Crippen molar-refractivity contribution in [2.75, 3.05) is 5.32 Å². The Balaban J connectivity index is 1.67. The number of aromatic nitrogens is 1. The predicted molar refractivity (Wildman–Crippen MR) is 125 cm³/mol. The van der Waals surface area contributed by atoms with Gasteiger partial charge < -0.3 is 5.32 Å². The number of carbonyl (C=O) groups excluding carboxylic acids is 2. The number of rotatable bonds is 8. The van der Waals surface area contributed by atoms with Gasteiger partial charge in [0.1, 0.15) is 0 Å². The van der Waals surface area contributed by atoms with Crippen molar-refractivity contribution in [3.8, 4) is 11.3 Å². The summed E-state index contributed by atoms with van der Waals surface area (Å²) in [6, 6.07) is 13.3. The molecule has 1 N–H and O–H groups in total. The van der Waals surface area contributed by atoms with Gasteiger partial charge in [-0.1, -0.05) is 54.8 Å². The first kappa shape index (κ1) is 22.2. The summed E-state index contributed by atoms with van der Waals surface area (Å²) in [6.45, 7) is 5.98. The Morgan fingerprint density at radius 1 is 1.07 bits per heavy atom. The molecule has 1 heterocycles. The third kappa shape index (κ3) is 5.55. The molecule has 1 amide bonds. The summed E-state index contributed by atoms with van der Waals surface area (Å²) in [5.74, 6) is -0.216. The summed E-state index contributed by atoms with van der Waals surface area (Å²) in [5.41, 5.74) is 4.51. The van der Waals surface area contributed by atoms with E-state index in [-0.39, 0.29) is 24.5 Å². The molecule has 0 radical (unpaired) electrons. The van der Waals surface area contributed by atoms with Crippen LogP contribution in [0.25, 0.3) is 11.3 Å². The number of hydrogen-bond acceptors (Lipinski definition) is 4. The molecule has 0 spiro atoms. The highest BCUT2D eigenvalue weighted by molar-refractivity contribution is 7.16. The zero-order chi connectivity index (χ0) is 21.7. The van der Waals surface area contributed by atoms with Gasteiger partial charge in [-0.25, -0.2) is 4.98 Å². The van der Waals surface area contributed by atoms with Gasteiger partial charge in [0.05, 0.1) is 5.69 Å². The molecule has 0 saturated heterocycles. The van der Waals surface area contributed by atoms with Crippen molar-refractivity contribution in [2.45, 2.75) is 46.5 Å². The van der Waals surface area contributed by atoms with E-state index in [9.17, 15) is 9.59 Å². The molecule has 4 nitrogen and oxygen atoms in total. The first-order chi connectivity index (χ1) is 14.4. The van der Waals surface area contributed by atoms with E-state index in [1.807, 2.05) is 56.3 Å². The average Bonchev–Trinajstić information content (AvgIpc) is 3.11. The minimum atomic E-state index is -0.201. The van der Waals surface area contributed by atoms with Crippen LogP contribution in [0.1, 0.15) is 52.5 Å². The van der Waals surface area contributed by atoms with Crippen molar-refractivity contribution >= 4 is 39.8 Å². The maximum atomic E-state index is 12.5. The number of thiazole rings is 1. The predicted octanol–water partition coefficient (Wildman–Crippen LogP) is 6.63. The van der Waals surface area contributed by atoms with Gasteiger partial charge in [0.25, 0.3) is 0 Å². The fourth-order valence-electron chi connectivity index (χ4n) is 3.21. The molecule has 0 aliphatic heterocycles. The number of carbonyl (C=O) groups is 2. The summed E-state index contributed by atoms with van der Waals surface area (Å²) in [4.78, 5) is 30.7. The standard InChI is InChI=1S/C24H25ClN2O2S/c1-4-5-21-23(17-8-10-18(25)11-9-17)27-24(30-21)26-22(29)13-12-20(28)19-14-15(2)6-7-16(19)3/h6-11,14H,4-5,12-13H2,1-3H3,(H,26,27,29). The highest BCUT2D eigenvalue weighted by Crippen LogP contribution is 2.33. The molecule has 0 aliphatic rings. The Labute approximate surface area is 186 Å². The summed E-state index contributed by atoms with van der Waals surface area (Å²) >= 11 is 7.48. The molecule has 0 saturated carbocycles. The summed E-state index contributed by atoms with van der Waals surface area (Å²) < 4.78 is 0. The van der Waals surface area contributed by atoms with Crippen LogP contribution in [-0.4, -0.2) is 16.7 Å². The van der Waals surface area contributed by atoms with E-state index < -0.39 is 0 Å². The van der Waals surface area contributed by atoms with Gasteiger partial charge in [-0.05, 0) is 44.0 Å². The van der Waals surface area contributed by atoms with Gasteiger partial charge >= 0.3 is 0 Å². The lowest BCUT2D eigenvalue weighted by Crippen LogP contribution is -2.13. The van der Waals surface area contributed by atoms with Crippen LogP contribution in [0, 0.1) is 13.8 Å². The number of halogens is 1. The average molecular weight is 441 g/mol. The Kier molecular flexibility index (Phi) is 7.40. The first-order valence-corrected chi connectivity index (χ1v) is 11.2. The SMILES string of the molecule is CCCc1sc(NC(=O)CCC(=O)c2cc(C)ccc2C)nc1-c1ccc(Cl)cc1. The number of nitrogens with zero attached hydrogens (tertiary/aromatic N) is 1. The van der Waals surface area contributed by atoms with Crippen molar-refractivity contribution in [1.82, 2.24) is 4.98 Å². The number of benzene rings is 2. The normalized spacial score (nSPS) is 10.8. The van der Waals surface area contributed by atoms with Crippen molar-refractivity contribution < 1.29 is 9.59 Å². The molecular weight excluding hydrogens is 416 g/mol. The lowest BCUT2D eigenvalue weighted by atomic mass is 9.99. The molecule has 0 atom stereocenters. The van der Waals surface area contributed by atoms with E-state index in [4.69, 9.17) is 11.6 Å². The van der Waals surface area contributed by atoms with Crippen LogP contribution in [-0.2, 0) is 11.2 Å². The maximum absolute atomic E-state index is 12.5. The van der Waals surface area contributed by atoms with E-state index in [0.29, 0.717) is 15.7 Å². The molecule has 3 rings (SSSR count). The van der Waals surface area contributed by atoms with E-state index >= 15 is 0 Å². The van der Waals surface area contributed by atoms with Gasteiger partial charge in [0, 0.05) is 33.9 Å². The Bertz CT molecular complexity index is 1060. The number of amides is 1. The van der Waals surface area contributed by atoms with Gasteiger partial charge in [0.2, 0.25) is 5.91 Å². The van der Waals surface area contributed by atoms with E-state index in [2.05, 4.69) is 17.2 Å². The zero-order valence-electron chi connectivity index (χ0n) is 17.4. The fourth-order valence-corrected chi connectivity index (χ4v) is 4.44. The topological polar surface area (TPSA) is 59.1 Å². The fraction of sp³-hybridized carbons (Fsp3) is 0.292. The van der Waals surface area contributed by atoms with Crippen molar-refractivity contribution in [3.05, 3.63) is 69.1 Å². The third-order valence-corrected chi connectivity index (χ3v) is 6.09. The number of aryl methyl sites for hydroxylation is 3. The second kappa shape index (κ2) is 10.0. The highest BCUT2D eigenvalue weighted by Gasteiger charge is 2.16. The van der Waals surface area contributed by atoms with Crippen molar-refractivity contribution in [2.24, 2.45) is 0 Å². The first-order valence-electron chi connectivity index (χ1n) is 10.0. The monoisotopic (exact) mass is 440 g/mol. The summed E-state index contributed by atoms with van der Waals surface area (Å²) in [5, 5.41) is 4.10. The molecule has 0 aliphatic carbocycles. The lowest BCUT2D eigenvalue weighted by molar-refractivity contribution is -0.116. The number of anilines is 1. The lowest BCUT2D eigenvalue weighted by Gasteiger charge is -2.06. The Hall–Kier alpha value is -2.50. The highest BCUT2D eigenvalue weighted by atomic mass is 35.5.